The van der Waals surface area contributed by atoms with Gasteiger partial charge in [0.25, 0.3) is 5.91 Å². The van der Waals surface area contributed by atoms with Crippen LogP contribution in [0.2, 0.25) is 0 Å². The Morgan fingerprint density at radius 3 is 1.62 bits per heavy atom. The van der Waals surface area contributed by atoms with Crippen LogP contribution >= 0.6 is 0 Å². The van der Waals surface area contributed by atoms with Crippen molar-refractivity contribution >= 4 is 12.0 Å². The van der Waals surface area contributed by atoms with Gasteiger partial charge < -0.3 is 4.74 Å². The van der Waals surface area contributed by atoms with E-state index in [9.17, 15) is 62.3 Å². The number of ether oxygens (including phenoxy) is 1. The van der Waals surface area contributed by atoms with Crippen LogP contribution in [-0.4, -0.2) is 71.2 Å². The van der Waals surface area contributed by atoms with Crippen molar-refractivity contribution in [2.75, 3.05) is 13.1 Å². The van der Waals surface area contributed by atoms with Crippen LogP contribution in [-0.2, 0) is 9.53 Å². The molecular formula is C17H16F12N2O3. The molecule has 0 rings (SSSR count). The molecule has 2 amide bonds. The van der Waals surface area contributed by atoms with Gasteiger partial charge in [-0.3, -0.25) is 14.6 Å². The van der Waals surface area contributed by atoms with Crippen molar-refractivity contribution < 1.29 is 67.0 Å². The predicted molar refractivity (Wildman–Crippen MR) is 89.6 cm³/mol. The highest BCUT2D eigenvalue weighted by Crippen LogP contribution is 2.36. The van der Waals surface area contributed by atoms with Crippen molar-refractivity contribution in [3.05, 3.63) is 11.8 Å². The van der Waals surface area contributed by atoms with Crippen LogP contribution in [0.25, 0.3) is 0 Å². The van der Waals surface area contributed by atoms with Crippen LogP contribution < -0.4 is 0 Å². The van der Waals surface area contributed by atoms with Gasteiger partial charge in [0, 0.05) is 6.08 Å². The molecular weight excluding hydrogens is 508 g/mol. The van der Waals surface area contributed by atoms with Crippen molar-refractivity contribution in [3.8, 4) is 12.3 Å². The third kappa shape index (κ3) is 10.4. The van der Waals surface area contributed by atoms with Gasteiger partial charge in [-0.05, 0) is 20.8 Å². The van der Waals surface area contributed by atoms with Crippen molar-refractivity contribution in [1.82, 2.24) is 9.80 Å². The SMILES string of the molecule is C#C/C=C(\N(CC(F)(F)F)C(=O)C(N(CC(F)(F)F)C(=O)OC(C)(C)C)C(F)(F)F)C(F)(F)F. The van der Waals surface area contributed by atoms with E-state index in [2.05, 4.69) is 11.2 Å². The monoisotopic (exact) mass is 524 g/mol. The van der Waals surface area contributed by atoms with E-state index < -0.39 is 83.0 Å². The Morgan fingerprint density at radius 1 is 0.882 bits per heavy atom. The van der Waals surface area contributed by atoms with Crippen molar-refractivity contribution in [3.63, 3.8) is 0 Å². The fourth-order valence-corrected chi connectivity index (χ4v) is 2.23. The molecule has 0 aliphatic rings. The highest BCUT2D eigenvalue weighted by Gasteiger charge is 2.58. The number of carbonyl (C=O) groups excluding carboxylic acids is 2. The zero-order valence-corrected chi connectivity index (χ0v) is 17.3. The van der Waals surface area contributed by atoms with Gasteiger partial charge in [0.2, 0.25) is 6.04 Å². The summed E-state index contributed by atoms with van der Waals surface area (Å²) in [5.41, 5.74) is -4.51. The van der Waals surface area contributed by atoms with E-state index in [4.69, 9.17) is 0 Å². The Kier molecular flexibility index (Phi) is 9.38. The van der Waals surface area contributed by atoms with Crippen LogP contribution in [0.15, 0.2) is 11.8 Å². The Labute approximate surface area is 184 Å². The zero-order chi connectivity index (χ0) is 27.5. The second-order valence-electron chi connectivity index (χ2n) is 7.40. The number of carbonyl (C=O) groups is 2. The maximum atomic E-state index is 13.6. The second kappa shape index (κ2) is 10.2. The Balaban J connectivity index is 6.99. The fourth-order valence-electron chi connectivity index (χ4n) is 2.23. The van der Waals surface area contributed by atoms with Gasteiger partial charge >= 0.3 is 30.8 Å². The molecule has 0 aromatic rings. The number of allylic oxidation sites excluding steroid dienone is 2. The van der Waals surface area contributed by atoms with E-state index in [1.54, 1.807) is 0 Å². The molecule has 0 bridgehead atoms. The number of amides is 2. The average molecular weight is 524 g/mol. The Morgan fingerprint density at radius 2 is 1.32 bits per heavy atom. The molecule has 0 aliphatic carbocycles. The summed E-state index contributed by atoms with van der Waals surface area (Å²) in [6.07, 6.45) is -22.2. The van der Waals surface area contributed by atoms with E-state index in [1.807, 2.05) is 0 Å². The molecule has 0 aromatic carbocycles. The molecule has 17 heteroatoms. The second-order valence-corrected chi connectivity index (χ2v) is 7.40. The molecule has 0 saturated carbocycles. The molecule has 0 heterocycles. The van der Waals surface area contributed by atoms with Gasteiger partial charge in [-0.2, -0.15) is 52.7 Å². The number of hydrogen-bond donors (Lipinski definition) is 0. The van der Waals surface area contributed by atoms with Gasteiger partial charge in [0.05, 0.1) is 0 Å². The molecule has 196 valence electrons. The largest absolute Gasteiger partial charge is 0.444 e. The highest BCUT2D eigenvalue weighted by atomic mass is 19.4. The first-order valence-electron chi connectivity index (χ1n) is 8.55. The van der Waals surface area contributed by atoms with Crippen molar-refractivity contribution in [2.45, 2.75) is 57.1 Å². The number of rotatable bonds is 5. The summed E-state index contributed by atoms with van der Waals surface area (Å²) < 4.78 is 162. The summed E-state index contributed by atoms with van der Waals surface area (Å²) >= 11 is 0. The number of halogens is 12. The van der Waals surface area contributed by atoms with E-state index in [0.29, 0.717) is 0 Å². The highest BCUT2D eigenvalue weighted by molar-refractivity contribution is 5.88. The number of terminal acetylenes is 1. The van der Waals surface area contributed by atoms with Crippen LogP contribution in [0.1, 0.15) is 20.8 Å². The number of nitrogens with zero attached hydrogens (tertiary/aromatic N) is 2. The summed E-state index contributed by atoms with van der Waals surface area (Å²) in [6, 6.07) is -4.46. The van der Waals surface area contributed by atoms with Gasteiger partial charge in [-0.25, -0.2) is 4.79 Å². The average Bonchev–Trinajstić information content (AvgIpc) is 2.51. The topological polar surface area (TPSA) is 49.9 Å². The smallest absolute Gasteiger partial charge is 0.432 e. The van der Waals surface area contributed by atoms with Gasteiger partial charge in [-0.15, -0.1) is 6.42 Å². The van der Waals surface area contributed by atoms with Gasteiger partial charge in [0.15, 0.2) is 0 Å². The maximum absolute atomic E-state index is 13.6. The first-order valence-corrected chi connectivity index (χ1v) is 8.55. The molecule has 0 aromatic heterocycles. The lowest BCUT2D eigenvalue weighted by atomic mass is 10.1. The minimum atomic E-state index is -6.28. The molecule has 0 N–H and O–H groups in total. The molecule has 1 atom stereocenters. The first kappa shape index (κ1) is 31.2. The minimum Gasteiger partial charge on any atom is -0.444 e. The lowest BCUT2D eigenvalue weighted by Gasteiger charge is -2.37. The molecule has 0 radical (unpaired) electrons. The number of alkyl halides is 12. The molecule has 1 unspecified atom stereocenters. The molecule has 0 spiro atoms. The van der Waals surface area contributed by atoms with Crippen LogP contribution in [0.5, 0.6) is 0 Å². The van der Waals surface area contributed by atoms with E-state index in [0.717, 1.165) is 26.7 Å². The predicted octanol–water partition coefficient (Wildman–Crippen LogP) is 5.19. The van der Waals surface area contributed by atoms with E-state index >= 15 is 0 Å². The fraction of sp³-hybridized carbons (Fsp3) is 0.647. The van der Waals surface area contributed by atoms with Gasteiger partial charge in [-0.1, -0.05) is 5.92 Å². The minimum absolute atomic E-state index is 0.529. The lowest BCUT2D eigenvalue weighted by Crippen LogP contribution is -2.61. The van der Waals surface area contributed by atoms with Crippen molar-refractivity contribution in [2.24, 2.45) is 0 Å². The number of hydrogen-bond acceptors (Lipinski definition) is 3. The molecule has 0 fully saturated rings. The van der Waals surface area contributed by atoms with Crippen LogP contribution in [0, 0.1) is 12.3 Å². The quantitative estimate of drug-likeness (QED) is 0.368. The first-order chi connectivity index (χ1) is 14.8. The summed E-state index contributed by atoms with van der Waals surface area (Å²) in [5, 5.41) is 0. The Hall–Kier alpha value is -2.80. The van der Waals surface area contributed by atoms with Crippen molar-refractivity contribution in [1.29, 1.82) is 0 Å². The normalized spacial score (nSPS) is 14.8. The summed E-state index contributed by atoms with van der Waals surface area (Å²) in [4.78, 5) is 21.6. The molecule has 0 aliphatic heterocycles. The molecule has 0 saturated heterocycles. The Bertz CT molecular complexity index is 811. The molecule has 34 heavy (non-hydrogen) atoms. The maximum Gasteiger partial charge on any atom is 0.432 e. The summed E-state index contributed by atoms with van der Waals surface area (Å²) in [5.74, 6) is -2.12. The molecule has 5 nitrogen and oxygen atoms in total. The lowest BCUT2D eigenvalue weighted by molar-refractivity contribution is -0.215. The summed E-state index contributed by atoms with van der Waals surface area (Å²) in [7, 11) is 0. The standard InChI is InChI=1S/C17H16F12N2O3/c1-5-6-9(16(24,25)26)30(7-14(18,19)20)11(32)10(17(27,28)29)31(8-15(21,22)23)12(33)34-13(2,3)4/h1,6,10H,7-8H2,2-4H3/b9-6-. The van der Waals surface area contributed by atoms with E-state index in [-0.39, 0.29) is 0 Å². The van der Waals surface area contributed by atoms with E-state index in [1.165, 1.54) is 0 Å². The van der Waals surface area contributed by atoms with Gasteiger partial charge in [0.1, 0.15) is 24.4 Å². The van der Waals surface area contributed by atoms with Crippen LogP contribution in [0.3, 0.4) is 0 Å². The van der Waals surface area contributed by atoms with Crippen LogP contribution in [0.4, 0.5) is 57.5 Å². The third-order valence-corrected chi connectivity index (χ3v) is 3.24. The third-order valence-electron chi connectivity index (χ3n) is 3.24. The zero-order valence-electron chi connectivity index (χ0n) is 17.3. The summed E-state index contributed by atoms with van der Waals surface area (Å²) in [6.45, 7) is -2.99.